The zero-order chi connectivity index (χ0) is 23.8. The van der Waals surface area contributed by atoms with Crippen LogP contribution in [0.1, 0.15) is 55.3 Å². The molecule has 1 aromatic heterocycles. The van der Waals surface area contributed by atoms with E-state index < -0.39 is 5.41 Å². The summed E-state index contributed by atoms with van der Waals surface area (Å²) in [4.78, 5) is 43.5. The van der Waals surface area contributed by atoms with Crippen molar-refractivity contribution >= 4 is 17.7 Å². The molecule has 176 valence electrons. The Morgan fingerprint density at radius 2 is 2.00 bits per heavy atom. The van der Waals surface area contributed by atoms with Gasteiger partial charge in [0, 0.05) is 51.3 Å². The monoisotopic (exact) mass is 452 g/mol. The summed E-state index contributed by atoms with van der Waals surface area (Å²) in [6.07, 6.45) is 5.52. The molecule has 2 heterocycles. The number of amides is 3. The molecule has 3 amide bonds. The van der Waals surface area contributed by atoms with Crippen molar-refractivity contribution in [2.75, 3.05) is 14.2 Å². The third-order valence-electron chi connectivity index (χ3n) is 7.06. The lowest BCUT2D eigenvalue weighted by Crippen LogP contribution is -2.45. The summed E-state index contributed by atoms with van der Waals surface area (Å²) in [5, 5.41) is 4.34. The highest BCUT2D eigenvalue weighted by molar-refractivity contribution is 6.11. The van der Waals surface area contributed by atoms with Gasteiger partial charge in [0.15, 0.2) is 0 Å². The first-order valence-corrected chi connectivity index (χ1v) is 11.5. The van der Waals surface area contributed by atoms with Crippen molar-refractivity contribution in [3.63, 3.8) is 0 Å². The second kappa shape index (κ2) is 9.00. The van der Waals surface area contributed by atoms with Gasteiger partial charge in [-0.05, 0) is 37.5 Å². The number of methoxy groups -OCH3 is 1. The summed E-state index contributed by atoms with van der Waals surface area (Å²) in [5.41, 5.74) is 1.24. The van der Waals surface area contributed by atoms with Gasteiger partial charge < -0.3 is 9.64 Å². The Balaban J connectivity index is 1.66. The van der Waals surface area contributed by atoms with E-state index in [4.69, 9.17) is 4.74 Å². The topological polar surface area (TPSA) is 84.7 Å². The maximum Gasteiger partial charge on any atom is 0.241 e. The van der Waals surface area contributed by atoms with Crippen molar-refractivity contribution < 1.29 is 19.1 Å². The van der Waals surface area contributed by atoms with Gasteiger partial charge in [0.25, 0.3) is 0 Å². The van der Waals surface area contributed by atoms with Gasteiger partial charge in [-0.3, -0.25) is 24.0 Å². The van der Waals surface area contributed by atoms with Gasteiger partial charge >= 0.3 is 0 Å². The molecule has 1 atom stereocenters. The van der Waals surface area contributed by atoms with Crippen molar-refractivity contribution in [2.24, 2.45) is 7.05 Å². The number of benzene rings is 1. The van der Waals surface area contributed by atoms with Gasteiger partial charge in [-0.2, -0.15) is 5.10 Å². The molecule has 0 N–H and O–H groups in total. The quantitative estimate of drug-likeness (QED) is 0.603. The van der Waals surface area contributed by atoms with Crippen molar-refractivity contribution in [3.05, 3.63) is 47.3 Å². The van der Waals surface area contributed by atoms with E-state index in [1.54, 1.807) is 41.9 Å². The summed E-state index contributed by atoms with van der Waals surface area (Å²) < 4.78 is 7.10. The number of ether oxygens (including phenoxy) is 1. The predicted molar refractivity (Wildman–Crippen MR) is 122 cm³/mol. The predicted octanol–water partition coefficient (Wildman–Crippen LogP) is 2.73. The molecule has 2 fully saturated rings. The maximum atomic E-state index is 13.9. The number of aromatic nitrogens is 2. The van der Waals surface area contributed by atoms with Crippen LogP contribution >= 0.6 is 0 Å². The average molecular weight is 453 g/mol. The molecule has 8 nitrogen and oxygen atoms in total. The molecule has 33 heavy (non-hydrogen) atoms. The molecule has 0 unspecified atom stereocenters. The van der Waals surface area contributed by atoms with E-state index in [0.717, 1.165) is 36.9 Å². The Morgan fingerprint density at radius 3 is 2.64 bits per heavy atom. The van der Waals surface area contributed by atoms with Crippen LogP contribution in [-0.2, 0) is 33.4 Å². The second-order valence-electron chi connectivity index (χ2n) is 9.34. The van der Waals surface area contributed by atoms with Gasteiger partial charge in [-0.25, -0.2) is 0 Å². The number of likely N-dealkylation sites (tertiary alicyclic amines) is 1. The van der Waals surface area contributed by atoms with Crippen LogP contribution < -0.4 is 4.74 Å². The van der Waals surface area contributed by atoms with Crippen molar-refractivity contribution in [1.29, 1.82) is 0 Å². The molecule has 1 aliphatic carbocycles. The summed E-state index contributed by atoms with van der Waals surface area (Å²) >= 11 is 0. The zero-order valence-corrected chi connectivity index (χ0v) is 19.8. The minimum Gasteiger partial charge on any atom is -0.497 e. The van der Waals surface area contributed by atoms with Crippen LogP contribution in [0.3, 0.4) is 0 Å². The van der Waals surface area contributed by atoms with Crippen LogP contribution in [0.15, 0.2) is 30.5 Å². The first kappa shape index (κ1) is 23.0. The van der Waals surface area contributed by atoms with E-state index in [0.29, 0.717) is 17.9 Å². The summed E-state index contributed by atoms with van der Waals surface area (Å²) in [5.74, 6) is -0.0334. The third kappa shape index (κ3) is 4.26. The maximum absolute atomic E-state index is 13.9. The third-order valence-corrected chi connectivity index (χ3v) is 7.06. The van der Waals surface area contributed by atoms with Crippen LogP contribution in [0.25, 0.3) is 0 Å². The SMILES string of the molecule is COc1cccc([C@@]2(CC(=O)N(C)Cc3cn(C)nc3C)CC(=O)N(C3CCCC3)C2=O)c1. The van der Waals surface area contributed by atoms with Crippen LogP contribution in [0.2, 0.25) is 0 Å². The fourth-order valence-corrected chi connectivity index (χ4v) is 5.22. The summed E-state index contributed by atoms with van der Waals surface area (Å²) in [7, 11) is 5.13. The molecule has 1 aromatic carbocycles. The normalized spacial score (nSPS) is 21.2. The molecule has 0 bridgehead atoms. The molecule has 4 rings (SSSR count). The highest BCUT2D eigenvalue weighted by Gasteiger charge is 2.55. The lowest BCUT2D eigenvalue weighted by molar-refractivity contribution is -0.144. The van der Waals surface area contributed by atoms with E-state index in [2.05, 4.69) is 5.10 Å². The number of carbonyl (C=O) groups is 3. The zero-order valence-electron chi connectivity index (χ0n) is 19.8. The molecular weight excluding hydrogens is 420 g/mol. The second-order valence-corrected chi connectivity index (χ2v) is 9.34. The van der Waals surface area contributed by atoms with Gasteiger partial charge in [-0.15, -0.1) is 0 Å². The Morgan fingerprint density at radius 1 is 1.27 bits per heavy atom. The van der Waals surface area contributed by atoms with Crippen molar-refractivity contribution in [2.45, 2.75) is 63.5 Å². The fourth-order valence-electron chi connectivity index (χ4n) is 5.22. The minimum absolute atomic E-state index is 0.000993. The first-order chi connectivity index (χ1) is 15.7. The Bertz CT molecular complexity index is 1070. The van der Waals surface area contributed by atoms with E-state index in [1.165, 1.54) is 4.90 Å². The molecule has 2 aromatic rings. The van der Waals surface area contributed by atoms with E-state index in [1.807, 2.05) is 26.2 Å². The number of hydrogen-bond acceptors (Lipinski definition) is 5. The van der Waals surface area contributed by atoms with Gasteiger partial charge in [-0.1, -0.05) is 25.0 Å². The number of carbonyl (C=O) groups excluding carboxylic acids is 3. The molecule has 1 saturated heterocycles. The summed E-state index contributed by atoms with van der Waals surface area (Å²) in [6.45, 7) is 2.30. The largest absolute Gasteiger partial charge is 0.497 e. The van der Waals surface area contributed by atoms with Crippen LogP contribution in [0.5, 0.6) is 5.75 Å². The molecule has 0 radical (unpaired) electrons. The average Bonchev–Trinajstić information content (AvgIpc) is 3.47. The van der Waals surface area contributed by atoms with Crippen molar-refractivity contribution in [1.82, 2.24) is 19.6 Å². The number of rotatable bonds is 7. The fraction of sp³-hybridized carbons (Fsp3) is 0.520. The van der Waals surface area contributed by atoms with E-state index in [9.17, 15) is 14.4 Å². The van der Waals surface area contributed by atoms with E-state index >= 15 is 0 Å². The van der Waals surface area contributed by atoms with E-state index in [-0.39, 0.29) is 36.6 Å². The van der Waals surface area contributed by atoms with Crippen molar-refractivity contribution in [3.8, 4) is 5.75 Å². The first-order valence-electron chi connectivity index (χ1n) is 11.5. The minimum atomic E-state index is -1.22. The number of hydrogen-bond donors (Lipinski definition) is 0. The molecule has 0 spiro atoms. The molecule has 8 heteroatoms. The van der Waals surface area contributed by atoms with Crippen LogP contribution in [0, 0.1) is 6.92 Å². The van der Waals surface area contributed by atoms with Crippen LogP contribution in [0.4, 0.5) is 0 Å². The van der Waals surface area contributed by atoms with Crippen LogP contribution in [-0.4, -0.2) is 57.5 Å². The van der Waals surface area contributed by atoms with Gasteiger partial charge in [0.05, 0.1) is 18.2 Å². The van der Waals surface area contributed by atoms with Gasteiger partial charge in [0.1, 0.15) is 5.75 Å². The lowest BCUT2D eigenvalue weighted by Gasteiger charge is -2.30. The number of aryl methyl sites for hydroxylation is 2. The highest BCUT2D eigenvalue weighted by Crippen LogP contribution is 2.43. The number of nitrogens with zero attached hydrogens (tertiary/aromatic N) is 4. The molecule has 1 saturated carbocycles. The standard InChI is InChI=1S/C25H32N4O4/c1-17-18(16-28(3)26-17)15-27(2)22(30)13-25(19-8-7-11-21(12-19)33-4)14-23(31)29(24(25)32)20-9-5-6-10-20/h7-8,11-12,16,20H,5-6,9-10,13-15H2,1-4H3/t25-/m1/s1. The molecule has 1 aliphatic heterocycles. The smallest absolute Gasteiger partial charge is 0.241 e. The Kier molecular flexibility index (Phi) is 6.28. The lowest BCUT2D eigenvalue weighted by atomic mass is 9.75. The molecular formula is C25H32N4O4. The Labute approximate surface area is 194 Å². The summed E-state index contributed by atoms with van der Waals surface area (Å²) in [6, 6.07) is 7.14. The Hall–Kier alpha value is -3.16. The molecule has 2 aliphatic rings. The van der Waals surface area contributed by atoms with Gasteiger partial charge in [0.2, 0.25) is 17.7 Å². The highest BCUT2D eigenvalue weighted by atomic mass is 16.5. The number of imide groups is 1.